The summed E-state index contributed by atoms with van der Waals surface area (Å²) in [4.78, 5) is 22.4. The van der Waals surface area contributed by atoms with Crippen molar-refractivity contribution in [2.24, 2.45) is 0 Å². The molecule has 0 bridgehead atoms. The Morgan fingerprint density at radius 1 is 1.28 bits per heavy atom. The van der Waals surface area contributed by atoms with E-state index in [1.165, 1.54) is 24.3 Å². The molecule has 1 aromatic heterocycles. The Kier molecular flexibility index (Phi) is 5.11. The van der Waals surface area contributed by atoms with Crippen LogP contribution in [0.4, 0.5) is 4.39 Å². The number of halogens is 1. The molecule has 2 heterocycles. The van der Waals surface area contributed by atoms with Crippen LogP contribution in [0.1, 0.15) is 17.9 Å². The molecule has 1 aromatic carbocycles. The molecular weight excluding hydrogens is 325 g/mol. The molecule has 0 saturated carbocycles. The maximum Gasteiger partial charge on any atom is 0.260 e. The highest BCUT2D eigenvalue weighted by Gasteiger charge is 2.28. The van der Waals surface area contributed by atoms with Crippen LogP contribution in [-0.4, -0.2) is 46.6 Å². The lowest BCUT2D eigenvalue weighted by Gasteiger charge is -2.17. The normalized spacial score (nSPS) is 16.8. The highest BCUT2D eigenvalue weighted by molar-refractivity contribution is 5.78. The third-order valence-corrected chi connectivity index (χ3v) is 3.90. The largest absolute Gasteiger partial charge is 0.484 e. The highest BCUT2D eigenvalue weighted by Crippen LogP contribution is 2.18. The lowest BCUT2D eigenvalue weighted by molar-refractivity contribution is -0.132. The number of likely N-dealkylation sites (tertiary alicyclic amines) is 1. The molecule has 2 aromatic rings. The van der Waals surface area contributed by atoms with Crippen molar-refractivity contribution in [1.82, 2.24) is 14.9 Å². The molecule has 25 heavy (non-hydrogen) atoms. The lowest BCUT2D eigenvalue weighted by Crippen LogP contribution is -2.34. The van der Waals surface area contributed by atoms with E-state index in [0.29, 0.717) is 30.5 Å². The number of nitrogens with zero attached hydrogens (tertiary/aromatic N) is 3. The van der Waals surface area contributed by atoms with Gasteiger partial charge in [-0.25, -0.2) is 9.37 Å². The predicted octanol–water partition coefficient (Wildman–Crippen LogP) is 2.29. The SMILES string of the molecule is Cc1cc(O[C@@H]2CCN(C(=O)COc3ccc(F)cc3)C2)nc(C)n1. The van der Waals surface area contributed by atoms with Crippen LogP contribution in [0.3, 0.4) is 0 Å². The molecule has 0 spiro atoms. The van der Waals surface area contributed by atoms with E-state index in [9.17, 15) is 9.18 Å². The molecule has 6 nitrogen and oxygen atoms in total. The van der Waals surface area contributed by atoms with Crippen LogP contribution < -0.4 is 9.47 Å². The minimum Gasteiger partial charge on any atom is -0.484 e. The first-order valence-electron chi connectivity index (χ1n) is 8.14. The summed E-state index contributed by atoms with van der Waals surface area (Å²) >= 11 is 0. The first-order valence-corrected chi connectivity index (χ1v) is 8.14. The van der Waals surface area contributed by atoms with Gasteiger partial charge in [-0.3, -0.25) is 4.79 Å². The van der Waals surface area contributed by atoms with Gasteiger partial charge in [0.15, 0.2) is 6.61 Å². The van der Waals surface area contributed by atoms with Crippen LogP contribution in [0.2, 0.25) is 0 Å². The number of hydrogen-bond donors (Lipinski definition) is 0. The average Bonchev–Trinajstić information content (AvgIpc) is 3.01. The van der Waals surface area contributed by atoms with Crippen molar-refractivity contribution >= 4 is 5.91 Å². The van der Waals surface area contributed by atoms with Gasteiger partial charge in [-0.1, -0.05) is 0 Å². The van der Waals surface area contributed by atoms with E-state index in [1.807, 2.05) is 13.8 Å². The molecule has 3 rings (SSSR count). The van der Waals surface area contributed by atoms with E-state index in [1.54, 1.807) is 11.0 Å². The molecule has 132 valence electrons. The summed E-state index contributed by atoms with van der Waals surface area (Å²) in [7, 11) is 0. The molecule has 1 saturated heterocycles. The first kappa shape index (κ1) is 17.1. The number of aromatic nitrogens is 2. The minimum atomic E-state index is -0.339. The summed E-state index contributed by atoms with van der Waals surface area (Å²) in [5, 5.41) is 0. The summed E-state index contributed by atoms with van der Waals surface area (Å²) < 4.78 is 24.1. The molecule has 0 unspecified atom stereocenters. The molecule has 1 atom stereocenters. The maximum absolute atomic E-state index is 12.8. The maximum atomic E-state index is 12.8. The van der Waals surface area contributed by atoms with Gasteiger partial charge in [0.2, 0.25) is 5.88 Å². The van der Waals surface area contributed by atoms with E-state index in [4.69, 9.17) is 9.47 Å². The molecule has 0 radical (unpaired) electrons. The Morgan fingerprint density at radius 3 is 2.76 bits per heavy atom. The molecule has 7 heteroatoms. The second-order valence-electron chi connectivity index (χ2n) is 6.01. The fourth-order valence-corrected chi connectivity index (χ4v) is 2.73. The Balaban J connectivity index is 1.49. The zero-order valence-corrected chi connectivity index (χ0v) is 14.2. The van der Waals surface area contributed by atoms with Gasteiger partial charge in [0.05, 0.1) is 6.54 Å². The standard InChI is InChI=1S/C18H20FN3O3/c1-12-9-17(21-13(2)20-12)25-16-7-8-22(10-16)18(23)11-24-15-5-3-14(19)4-6-15/h3-6,9,16H,7-8,10-11H2,1-2H3/t16-/m1/s1. The Morgan fingerprint density at radius 2 is 2.04 bits per heavy atom. The van der Waals surface area contributed by atoms with Crippen LogP contribution in [0.25, 0.3) is 0 Å². The number of carbonyl (C=O) groups is 1. The van der Waals surface area contributed by atoms with Crippen molar-refractivity contribution in [3.8, 4) is 11.6 Å². The smallest absolute Gasteiger partial charge is 0.260 e. The van der Waals surface area contributed by atoms with Crippen molar-refractivity contribution in [1.29, 1.82) is 0 Å². The zero-order valence-electron chi connectivity index (χ0n) is 14.2. The molecule has 0 N–H and O–H groups in total. The summed E-state index contributed by atoms with van der Waals surface area (Å²) in [5.41, 5.74) is 0.848. The first-order chi connectivity index (χ1) is 12.0. The van der Waals surface area contributed by atoms with E-state index >= 15 is 0 Å². The van der Waals surface area contributed by atoms with E-state index in [0.717, 1.165) is 12.1 Å². The van der Waals surface area contributed by atoms with Crippen molar-refractivity contribution in [2.45, 2.75) is 26.4 Å². The number of aryl methyl sites for hydroxylation is 2. The van der Waals surface area contributed by atoms with Crippen LogP contribution in [0.15, 0.2) is 30.3 Å². The van der Waals surface area contributed by atoms with Gasteiger partial charge >= 0.3 is 0 Å². The van der Waals surface area contributed by atoms with Gasteiger partial charge in [0, 0.05) is 24.7 Å². The van der Waals surface area contributed by atoms with E-state index in [2.05, 4.69) is 9.97 Å². The van der Waals surface area contributed by atoms with Gasteiger partial charge < -0.3 is 14.4 Å². The number of rotatable bonds is 5. The van der Waals surface area contributed by atoms with Crippen molar-refractivity contribution in [3.63, 3.8) is 0 Å². The third kappa shape index (κ3) is 4.65. The molecule has 1 amide bonds. The predicted molar refractivity (Wildman–Crippen MR) is 89.0 cm³/mol. The topological polar surface area (TPSA) is 64.5 Å². The van der Waals surface area contributed by atoms with Gasteiger partial charge in [0.25, 0.3) is 5.91 Å². The van der Waals surface area contributed by atoms with Gasteiger partial charge in [-0.15, -0.1) is 0 Å². The molecule has 1 aliphatic heterocycles. The monoisotopic (exact) mass is 345 g/mol. The van der Waals surface area contributed by atoms with Gasteiger partial charge in [-0.05, 0) is 38.1 Å². The fourth-order valence-electron chi connectivity index (χ4n) is 2.73. The number of hydrogen-bond acceptors (Lipinski definition) is 5. The number of carbonyl (C=O) groups excluding carboxylic acids is 1. The third-order valence-electron chi connectivity index (χ3n) is 3.90. The lowest BCUT2D eigenvalue weighted by atomic mass is 10.3. The van der Waals surface area contributed by atoms with Gasteiger partial charge in [-0.2, -0.15) is 4.98 Å². The van der Waals surface area contributed by atoms with Gasteiger partial charge in [0.1, 0.15) is 23.5 Å². The number of benzene rings is 1. The molecular formula is C18H20FN3O3. The van der Waals surface area contributed by atoms with Crippen LogP contribution in [0, 0.1) is 19.7 Å². The molecule has 1 aliphatic rings. The Bertz CT molecular complexity index is 731. The number of ether oxygens (including phenoxy) is 2. The van der Waals surface area contributed by atoms with Crippen molar-refractivity contribution < 1.29 is 18.7 Å². The summed E-state index contributed by atoms with van der Waals surface area (Å²) in [6, 6.07) is 7.38. The van der Waals surface area contributed by atoms with Crippen molar-refractivity contribution in [2.75, 3.05) is 19.7 Å². The summed E-state index contributed by atoms with van der Waals surface area (Å²) in [6.45, 7) is 4.73. The fraction of sp³-hybridized carbons (Fsp3) is 0.389. The Labute approximate surface area is 145 Å². The zero-order chi connectivity index (χ0) is 17.8. The Hall–Kier alpha value is -2.70. The highest BCUT2D eigenvalue weighted by atomic mass is 19.1. The number of amides is 1. The average molecular weight is 345 g/mol. The quantitative estimate of drug-likeness (QED) is 0.832. The second kappa shape index (κ2) is 7.46. The van der Waals surface area contributed by atoms with Crippen LogP contribution >= 0.6 is 0 Å². The minimum absolute atomic E-state index is 0.0793. The molecule has 1 fully saturated rings. The molecule has 0 aliphatic carbocycles. The van der Waals surface area contributed by atoms with Crippen LogP contribution in [-0.2, 0) is 4.79 Å². The van der Waals surface area contributed by atoms with Crippen molar-refractivity contribution in [3.05, 3.63) is 47.7 Å². The van der Waals surface area contributed by atoms with Crippen LogP contribution in [0.5, 0.6) is 11.6 Å². The summed E-state index contributed by atoms with van der Waals surface area (Å²) in [6.07, 6.45) is 0.646. The van der Waals surface area contributed by atoms with E-state index < -0.39 is 0 Å². The second-order valence-corrected chi connectivity index (χ2v) is 6.01. The summed E-state index contributed by atoms with van der Waals surface area (Å²) in [5.74, 6) is 1.20. The van der Waals surface area contributed by atoms with E-state index in [-0.39, 0.29) is 24.4 Å².